The predicted octanol–water partition coefficient (Wildman–Crippen LogP) is 6.78. The van der Waals surface area contributed by atoms with E-state index in [0.29, 0.717) is 38.5 Å². The molecule has 1 aliphatic rings. The first-order chi connectivity index (χ1) is 14.5. The summed E-state index contributed by atoms with van der Waals surface area (Å²) < 4.78 is 11.6. The van der Waals surface area contributed by atoms with E-state index >= 15 is 0 Å². The van der Waals surface area contributed by atoms with E-state index in [9.17, 15) is 4.79 Å². The molecule has 0 fully saturated rings. The molecule has 1 aromatic heterocycles. The van der Waals surface area contributed by atoms with Crippen molar-refractivity contribution in [1.29, 1.82) is 0 Å². The molecule has 0 N–H and O–H groups in total. The van der Waals surface area contributed by atoms with Crippen LogP contribution in [-0.4, -0.2) is 6.73 Å². The van der Waals surface area contributed by atoms with Gasteiger partial charge in [-0.3, -0.25) is 0 Å². The van der Waals surface area contributed by atoms with Crippen LogP contribution in [0.5, 0.6) is 5.75 Å². The van der Waals surface area contributed by atoms with Crippen LogP contribution in [0.25, 0.3) is 22.1 Å². The standard InChI is InChI=1S/C23H14Cl3NO3/c24-17-7-4-8-19(21(17)26)27-11-16-22-15(9-18(25)23(16)29-12-27)14(10-20(28)30-22)13-5-2-1-3-6-13/h1-10H,11-12H2. The average molecular weight is 459 g/mol. The average Bonchev–Trinajstić information content (AvgIpc) is 2.76. The lowest BCUT2D eigenvalue weighted by Gasteiger charge is -2.32. The molecular weight excluding hydrogens is 445 g/mol. The summed E-state index contributed by atoms with van der Waals surface area (Å²) in [7, 11) is 0. The zero-order valence-electron chi connectivity index (χ0n) is 15.5. The summed E-state index contributed by atoms with van der Waals surface area (Å²) in [5.41, 5.74) is 3.08. The molecule has 0 bridgehead atoms. The van der Waals surface area contributed by atoms with Gasteiger partial charge in [0.1, 0.15) is 11.3 Å². The summed E-state index contributed by atoms with van der Waals surface area (Å²) in [4.78, 5) is 14.3. The molecule has 0 saturated carbocycles. The van der Waals surface area contributed by atoms with E-state index < -0.39 is 5.63 Å². The molecule has 7 heteroatoms. The minimum Gasteiger partial charge on any atom is -0.471 e. The van der Waals surface area contributed by atoms with Crippen LogP contribution in [0.4, 0.5) is 5.69 Å². The number of hydrogen-bond acceptors (Lipinski definition) is 4. The van der Waals surface area contributed by atoms with Crippen molar-refractivity contribution in [3.8, 4) is 16.9 Å². The Balaban J connectivity index is 1.72. The number of anilines is 1. The number of rotatable bonds is 2. The first kappa shape index (κ1) is 19.3. The van der Waals surface area contributed by atoms with Crippen LogP contribution >= 0.6 is 34.8 Å². The van der Waals surface area contributed by atoms with E-state index in [2.05, 4.69) is 0 Å². The van der Waals surface area contributed by atoms with Crippen LogP contribution in [0.3, 0.4) is 0 Å². The Morgan fingerprint density at radius 2 is 1.70 bits per heavy atom. The summed E-state index contributed by atoms with van der Waals surface area (Å²) in [6.07, 6.45) is 0. The van der Waals surface area contributed by atoms with Gasteiger partial charge in [0.25, 0.3) is 0 Å². The van der Waals surface area contributed by atoms with Crippen LogP contribution in [0.15, 0.2) is 69.9 Å². The SMILES string of the molecule is O=c1cc(-c2ccccc2)c2cc(Cl)c3c(c2o1)CN(c1cccc(Cl)c1Cl)CO3. The highest BCUT2D eigenvalue weighted by Gasteiger charge is 2.27. The number of benzene rings is 3. The van der Waals surface area contributed by atoms with Gasteiger partial charge in [-0.15, -0.1) is 0 Å². The van der Waals surface area contributed by atoms with Gasteiger partial charge in [-0.25, -0.2) is 4.79 Å². The van der Waals surface area contributed by atoms with Gasteiger partial charge in [0.2, 0.25) is 0 Å². The van der Waals surface area contributed by atoms with Crippen molar-refractivity contribution in [2.45, 2.75) is 6.54 Å². The minimum atomic E-state index is -0.441. The maximum atomic E-state index is 12.4. The van der Waals surface area contributed by atoms with Crippen LogP contribution < -0.4 is 15.3 Å². The zero-order chi connectivity index (χ0) is 20.8. The van der Waals surface area contributed by atoms with Gasteiger partial charge >= 0.3 is 5.63 Å². The molecule has 5 rings (SSSR count). The number of ether oxygens (including phenoxy) is 1. The molecule has 0 radical (unpaired) electrons. The van der Waals surface area contributed by atoms with Gasteiger partial charge in [-0.05, 0) is 29.3 Å². The van der Waals surface area contributed by atoms with Crippen LogP contribution in [0, 0.1) is 0 Å². The van der Waals surface area contributed by atoms with Crippen molar-refractivity contribution in [3.05, 3.63) is 91.7 Å². The van der Waals surface area contributed by atoms with Crippen molar-refractivity contribution in [3.63, 3.8) is 0 Å². The Morgan fingerprint density at radius 3 is 2.50 bits per heavy atom. The van der Waals surface area contributed by atoms with E-state index in [1.165, 1.54) is 6.07 Å². The fraction of sp³-hybridized carbons (Fsp3) is 0.0870. The van der Waals surface area contributed by atoms with Crippen LogP contribution in [0.1, 0.15) is 5.56 Å². The lowest BCUT2D eigenvalue weighted by molar-refractivity contribution is 0.289. The zero-order valence-corrected chi connectivity index (χ0v) is 17.8. The van der Waals surface area contributed by atoms with E-state index in [1.54, 1.807) is 12.1 Å². The van der Waals surface area contributed by atoms with Crippen molar-refractivity contribution < 1.29 is 9.15 Å². The van der Waals surface area contributed by atoms with Gasteiger partial charge in [0.15, 0.2) is 6.73 Å². The lowest BCUT2D eigenvalue weighted by atomic mass is 9.99. The molecule has 2 heterocycles. The Hall–Kier alpha value is -2.66. The van der Waals surface area contributed by atoms with E-state index in [-0.39, 0.29) is 6.73 Å². The highest BCUT2D eigenvalue weighted by Crippen LogP contribution is 2.43. The highest BCUT2D eigenvalue weighted by atomic mass is 35.5. The number of hydrogen-bond donors (Lipinski definition) is 0. The predicted molar refractivity (Wildman–Crippen MR) is 121 cm³/mol. The first-order valence-corrected chi connectivity index (χ1v) is 10.3. The van der Waals surface area contributed by atoms with E-state index in [0.717, 1.165) is 22.2 Å². The molecular formula is C23H14Cl3NO3. The topological polar surface area (TPSA) is 42.7 Å². The Labute approximate surface area is 187 Å². The summed E-state index contributed by atoms with van der Waals surface area (Å²) in [5.74, 6) is 0.506. The van der Waals surface area contributed by atoms with Gasteiger partial charge in [-0.1, -0.05) is 71.2 Å². The van der Waals surface area contributed by atoms with Gasteiger partial charge in [0, 0.05) is 11.5 Å². The molecule has 150 valence electrons. The van der Waals surface area contributed by atoms with Gasteiger partial charge < -0.3 is 14.1 Å². The summed E-state index contributed by atoms with van der Waals surface area (Å²) >= 11 is 19.1. The number of fused-ring (bicyclic) bond motifs is 3. The monoisotopic (exact) mass is 457 g/mol. The molecule has 0 atom stereocenters. The third-order valence-corrected chi connectivity index (χ3v) is 6.20. The van der Waals surface area contributed by atoms with Crippen molar-refractivity contribution >= 4 is 51.5 Å². The molecule has 3 aromatic carbocycles. The fourth-order valence-corrected chi connectivity index (χ4v) is 4.43. The van der Waals surface area contributed by atoms with Gasteiger partial charge in [-0.2, -0.15) is 0 Å². The molecule has 0 aliphatic carbocycles. The fourth-order valence-electron chi connectivity index (χ4n) is 3.74. The van der Waals surface area contributed by atoms with E-state index in [1.807, 2.05) is 47.4 Å². The minimum absolute atomic E-state index is 0.237. The Morgan fingerprint density at radius 1 is 0.900 bits per heavy atom. The molecule has 0 amide bonds. The molecule has 4 nitrogen and oxygen atoms in total. The summed E-state index contributed by atoms with van der Waals surface area (Å²) in [6, 6.07) is 18.3. The van der Waals surface area contributed by atoms with Crippen molar-refractivity contribution in [1.82, 2.24) is 0 Å². The number of halogens is 3. The third-order valence-electron chi connectivity index (χ3n) is 5.11. The van der Waals surface area contributed by atoms with Crippen molar-refractivity contribution in [2.24, 2.45) is 0 Å². The molecule has 0 unspecified atom stereocenters. The second-order valence-electron chi connectivity index (χ2n) is 6.93. The highest BCUT2D eigenvalue weighted by molar-refractivity contribution is 6.43. The van der Waals surface area contributed by atoms with Crippen LogP contribution in [-0.2, 0) is 6.54 Å². The quantitative estimate of drug-likeness (QED) is 0.311. The second kappa shape index (κ2) is 7.55. The molecule has 4 aromatic rings. The normalized spacial score (nSPS) is 13.2. The van der Waals surface area contributed by atoms with E-state index in [4.69, 9.17) is 44.0 Å². The molecule has 0 saturated heterocycles. The smallest absolute Gasteiger partial charge is 0.336 e. The Kier molecular flexibility index (Phi) is 4.86. The molecule has 30 heavy (non-hydrogen) atoms. The van der Waals surface area contributed by atoms with Crippen LogP contribution in [0.2, 0.25) is 15.1 Å². The first-order valence-electron chi connectivity index (χ1n) is 9.19. The number of nitrogens with zero attached hydrogens (tertiary/aromatic N) is 1. The van der Waals surface area contributed by atoms with Gasteiger partial charge in [0.05, 0.1) is 32.9 Å². The summed E-state index contributed by atoms with van der Waals surface area (Å²) in [5, 5.41) is 2.09. The maximum absolute atomic E-state index is 12.4. The third kappa shape index (κ3) is 3.21. The maximum Gasteiger partial charge on any atom is 0.336 e. The van der Waals surface area contributed by atoms with Crippen molar-refractivity contribution in [2.75, 3.05) is 11.6 Å². The Bertz CT molecular complexity index is 1340. The molecule has 0 spiro atoms. The lowest BCUT2D eigenvalue weighted by Crippen LogP contribution is -2.32. The summed E-state index contributed by atoms with van der Waals surface area (Å²) in [6.45, 7) is 0.633. The molecule has 1 aliphatic heterocycles. The largest absolute Gasteiger partial charge is 0.471 e. The second-order valence-corrected chi connectivity index (χ2v) is 8.12.